The minimum Gasteiger partial charge on any atom is -0.452 e. The van der Waals surface area contributed by atoms with Gasteiger partial charge < -0.3 is 4.74 Å². The van der Waals surface area contributed by atoms with E-state index in [1.165, 1.54) is 24.9 Å². The van der Waals surface area contributed by atoms with Gasteiger partial charge in [-0.2, -0.15) is 5.10 Å². The van der Waals surface area contributed by atoms with Crippen molar-refractivity contribution in [1.82, 2.24) is 5.43 Å². The van der Waals surface area contributed by atoms with Crippen molar-refractivity contribution >= 4 is 23.6 Å². The van der Waals surface area contributed by atoms with Gasteiger partial charge in [-0.3, -0.25) is 0 Å². The van der Waals surface area contributed by atoms with Gasteiger partial charge in [0.1, 0.15) is 5.82 Å². The fraction of sp³-hybridized carbons (Fsp3) is 0.273. The number of carbonyl (C=O) groups is 1. The summed E-state index contributed by atoms with van der Waals surface area (Å²) in [6.07, 6.45) is 0.0548. The number of nitrogens with zero attached hydrogens (tertiary/aromatic N) is 1. The van der Waals surface area contributed by atoms with E-state index in [-0.39, 0.29) is 5.82 Å². The van der Waals surface area contributed by atoms with Crippen LogP contribution in [0.3, 0.4) is 0 Å². The van der Waals surface area contributed by atoms with E-state index in [2.05, 4.69) is 15.3 Å². The fourth-order valence-electron chi connectivity index (χ4n) is 1.54. The van der Waals surface area contributed by atoms with E-state index < -0.39 is 6.09 Å². The Kier molecular flexibility index (Phi) is 3.63. The molecule has 1 N–H and O–H groups in total. The average molecular weight is 254 g/mol. The molecule has 90 valence electrons. The van der Waals surface area contributed by atoms with Crippen LogP contribution in [0.2, 0.25) is 0 Å². The third-order valence-corrected chi connectivity index (χ3v) is 3.44. The maximum Gasteiger partial charge on any atom is 0.427 e. The molecule has 0 radical (unpaired) electrons. The maximum absolute atomic E-state index is 13.5. The van der Waals surface area contributed by atoms with Crippen molar-refractivity contribution in [3.63, 3.8) is 0 Å². The first kappa shape index (κ1) is 11.9. The zero-order chi connectivity index (χ0) is 12.3. The Morgan fingerprint density at radius 1 is 1.59 bits per heavy atom. The lowest BCUT2D eigenvalue weighted by molar-refractivity contribution is 0.171. The number of benzene rings is 1. The Bertz CT molecular complexity index is 477. The number of nitrogens with one attached hydrogen (secondary N) is 1. The number of carbonyl (C=O) groups excluding carboxylic acids is 1. The quantitative estimate of drug-likeness (QED) is 0.783. The zero-order valence-corrected chi connectivity index (χ0v) is 10.0. The van der Waals surface area contributed by atoms with Crippen LogP contribution in [0.5, 0.6) is 0 Å². The van der Waals surface area contributed by atoms with Crippen LogP contribution >= 0.6 is 11.8 Å². The van der Waals surface area contributed by atoms with Crippen molar-refractivity contribution in [3.8, 4) is 0 Å². The van der Waals surface area contributed by atoms with Crippen molar-refractivity contribution in [1.29, 1.82) is 0 Å². The molecule has 0 aliphatic carbocycles. The van der Waals surface area contributed by atoms with E-state index in [4.69, 9.17) is 0 Å². The van der Waals surface area contributed by atoms with Gasteiger partial charge in [-0.15, -0.1) is 11.8 Å². The molecule has 0 bridgehead atoms. The third-order valence-electron chi connectivity index (χ3n) is 2.33. The Labute approximate surface area is 102 Å². The predicted molar refractivity (Wildman–Crippen MR) is 63.8 cm³/mol. The van der Waals surface area contributed by atoms with Crippen molar-refractivity contribution < 1.29 is 13.9 Å². The van der Waals surface area contributed by atoms with Crippen molar-refractivity contribution in [3.05, 3.63) is 29.6 Å². The number of hydrogen-bond donors (Lipinski definition) is 1. The van der Waals surface area contributed by atoms with E-state index in [9.17, 15) is 9.18 Å². The van der Waals surface area contributed by atoms with Gasteiger partial charge in [0.05, 0.1) is 17.7 Å². The summed E-state index contributed by atoms with van der Waals surface area (Å²) in [7, 11) is 1.26. The molecular weight excluding hydrogens is 243 g/mol. The van der Waals surface area contributed by atoms with E-state index >= 15 is 0 Å². The number of ether oxygens (including phenoxy) is 1. The lowest BCUT2D eigenvalue weighted by atomic mass is 10.1. The monoisotopic (exact) mass is 254 g/mol. The van der Waals surface area contributed by atoms with Crippen molar-refractivity contribution in [2.75, 3.05) is 12.9 Å². The average Bonchev–Trinajstić information content (AvgIpc) is 2.36. The normalized spacial score (nSPS) is 16.5. The van der Waals surface area contributed by atoms with E-state index in [1.54, 1.807) is 12.1 Å². The zero-order valence-electron chi connectivity index (χ0n) is 9.20. The maximum atomic E-state index is 13.5. The molecule has 6 heteroatoms. The fourth-order valence-corrected chi connectivity index (χ4v) is 2.59. The number of thioether (sulfide) groups is 1. The molecule has 0 aromatic heterocycles. The van der Waals surface area contributed by atoms with Gasteiger partial charge in [-0.25, -0.2) is 14.6 Å². The van der Waals surface area contributed by atoms with Gasteiger partial charge in [0.2, 0.25) is 0 Å². The first-order valence-electron chi connectivity index (χ1n) is 5.04. The van der Waals surface area contributed by atoms with Crippen LogP contribution in [0.1, 0.15) is 12.0 Å². The second kappa shape index (κ2) is 5.18. The minimum atomic E-state index is -0.631. The molecule has 0 spiro atoms. The highest BCUT2D eigenvalue weighted by molar-refractivity contribution is 7.99. The van der Waals surface area contributed by atoms with Gasteiger partial charge in [-0.05, 0) is 6.07 Å². The van der Waals surface area contributed by atoms with Crippen LogP contribution in [0.25, 0.3) is 0 Å². The third kappa shape index (κ3) is 2.58. The van der Waals surface area contributed by atoms with Crippen LogP contribution in [0.15, 0.2) is 28.2 Å². The lowest BCUT2D eigenvalue weighted by Gasteiger charge is -2.17. The molecular formula is C11H11FN2O2S. The number of hydrazone groups is 1. The molecule has 0 saturated heterocycles. The van der Waals surface area contributed by atoms with Crippen LogP contribution in [-0.4, -0.2) is 24.7 Å². The Hall–Kier alpha value is -1.56. The number of fused-ring (bicyclic) bond motifs is 1. The molecule has 0 unspecified atom stereocenters. The van der Waals surface area contributed by atoms with Crippen LogP contribution in [0, 0.1) is 5.82 Å². The predicted octanol–water partition coefficient (Wildman–Crippen LogP) is 2.38. The van der Waals surface area contributed by atoms with Crippen LogP contribution in [0.4, 0.5) is 9.18 Å². The molecule has 1 amide bonds. The van der Waals surface area contributed by atoms with Gasteiger partial charge in [0.25, 0.3) is 0 Å². The van der Waals surface area contributed by atoms with E-state index in [0.717, 1.165) is 11.3 Å². The SMILES string of the molecule is COC(=O)NN=C1CCSc2c(F)cccc21. The highest BCUT2D eigenvalue weighted by Crippen LogP contribution is 2.32. The van der Waals surface area contributed by atoms with Crippen molar-refractivity contribution in [2.45, 2.75) is 11.3 Å². The first-order chi connectivity index (χ1) is 8.22. The first-order valence-corrected chi connectivity index (χ1v) is 6.03. The lowest BCUT2D eigenvalue weighted by Crippen LogP contribution is -2.21. The number of amides is 1. The summed E-state index contributed by atoms with van der Waals surface area (Å²) in [4.78, 5) is 11.5. The summed E-state index contributed by atoms with van der Waals surface area (Å²) in [6.45, 7) is 0. The van der Waals surface area contributed by atoms with Gasteiger partial charge in [-0.1, -0.05) is 12.1 Å². The van der Waals surface area contributed by atoms with Gasteiger partial charge >= 0.3 is 6.09 Å². The smallest absolute Gasteiger partial charge is 0.427 e. The summed E-state index contributed by atoms with van der Waals surface area (Å²) in [5.41, 5.74) is 3.66. The van der Waals surface area contributed by atoms with E-state index in [0.29, 0.717) is 17.0 Å². The minimum absolute atomic E-state index is 0.252. The standard InChI is InChI=1S/C11H11FN2O2S/c1-16-11(15)14-13-9-5-6-17-10-7(9)3-2-4-8(10)12/h2-4H,5-6H2,1H3,(H,14,15). The van der Waals surface area contributed by atoms with Gasteiger partial charge in [0, 0.05) is 17.7 Å². The molecule has 0 saturated carbocycles. The molecule has 1 aromatic carbocycles. The molecule has 0 atom stereocenters. The Morgan fingerprint density at radius 3 is 3.18 bits per heavy atom. The van der Waals surface area contributed by atoms with E-state index in [1.807, 2.05) is 0 Å². The van der Waals surface area contributed by atoms with Crippen LogP contribution in [-0.2, 0) is 4.74 Å². The molecule has 17 heavy (non-hydrogen) atoms. The summed E-state index contributed by atoms with van der Waals surface area (Å²) >= 11 is 1.46. The summed E-state index contributed by atoms with van der Waals surface area (Å²) in [5.74, 6) is 0.494. The largest absolute Gasteiger partial charge is 0.452 e. The van der Waals surface area contributed by atoms with Crippen LogP contribution < -0.4 is 5.43 Å². The Morgan fingerprint density at radius 2 is 2.41 bits per heavy atom. The number of rotatable bonds is 1. The number of halogens is 1. The highest BCUT2D eigenvalue weighted by Gasteiger charge is 2.19. The molecule has 1 aromatic rings. The topological polar surface area (TPSA) is 50.7 Å². The summed E-state index contributed by atoms with van der Waals surface area (Å²) < 4.78 is 17.9. The second-order valence-corrected chi connectivity index (χ2v) is 4.48. The summed E-state index contributed by atoms with van der Waals surface area (Å²) in [5, 5.41) is 3.95. The number of methoxy groups -OCH3 is 1. The second-order valence-electron chi connectivity index (χ2n) is 3.38. The molecule has 2 rings (SSSR count). The van der Waals surface area contributed by atoms with Crippen molar-refractivity contribution in [2.24, 2.45) is 5.10 Å². The number of hydrogen-bond acceptors (Lipinski definition) is 4. The molecule has 0 fully saturated rings. The molecule has 1 aliphatic rings. The highest BCUT2D eigenvalue weighted by atomic mass is 32.2. The molecule has 4 nitrogen and oxygen atoms in total. The summed E-state index contributed by atoms with van der Waals surface area (Å²) in [6, 6.07) is 4.85. The molecule has 1 aliphatic heterocycles. The Balaban J connectivity index is 2.29. The van der Waals surface area contributed by atoms with Gasteiger partial charge in [0.15, 0.2) is 0 Å². The molecule has 1 heterocycles.